The highest BCUT2D eigenvalue weighted by Crippen LogP contribution is 2.36. The molecule has 3 heteroatoms. The van der Waals surface area contributed by atoms with Gasteiger partial charge in [-0.05, 0) is 19.3 Å². The summed E-state index contributed by atoms with van der Waals surface area (Å²) < 4.78 is 5.34. The third-order valence-electron chi connectivity index (χ3n) is 2.24. The molecule has 2 rings (SSSR count). The topological polar surface area (TPSA) is 52.0 Å². The van der Waals surface area contributed by atoms with Crippen LogP contribution in [0.25, 0.3) is 0 Å². The van der Waals surface area contributed by atoms with Crippen molar-refractivity contribution in [3.05, 3.63) is 17.8 Å². The van der Waals surface area contributed by atoms with Gasteiger partial charge in [0.2, 0.25) is 5.89 Å². The average Bonchev–Trinajstić information content (AvgIpc) is 2.72. The molecule has 0 spiro atoms. The van der Waals surface area contributed by atoms with Crippen molar-refractivity contribution < 1.29 is 4.42 Å². The van der Waals surface area contributed by atoms with Crippen molar-refractivity contribution in [2.24, 2.45) is 11.7 Å². The van der Waals surface area contributed by atoms with Crippen LogP contribution in [0, 0.1) is 12.8 Å². The molecule has 1 fully saturated rings. The Balaban J connectivity index is 1.97. The van der Waals surface area contributed by atoms with E-state index in [0.717, 1.165) is 18.1 Å². The Kier molecular flexibility index (Phi) is 1.89. The van der Waals surface area contributed by atoms with Crippen LogP contribution in [0.5, 0.6) is 0 Å². The molecule has 1 aliphatic carbocycles. The van der Waals surface area contributed by atoms with Crippen LogP contribution in [0.2, 0.25) is 0 Å². The van der Waals surface area contributed by atoms with Gasteiger partial charge in [0.25, 0.3) is 0 Å². The van der Waals surface area contributed by atoms with Gasteiger partial charge in [-0.2, -0.15) is 0 Å². The van der Waals surface area contributed by atoms with E-state index >= 15 is 0 Å². The fraction of sp³-hybridized carbons (Fsp3) is 0.667. The van der Waals surface area contributed by atoms with Gasteiger partial charge in [-0.3, -0.25) is 0 Å². The molecule has 0 amide bonds. The summed E-state index contributed by atoms with van der Waals surface area (Å²) in [5.41, 5.74) is 5.89. The Morgan fingerprint density at radius 3 is 3.00 bits per heavy atom. The lowest BCUT2D eigenvalue weighted by atomic mass is 10.1. The molecule has 1 unspecified atom stereocenters. The third-order valence-corrected chi connectivity index (χ3v) is 2.24. The Hall–Kier alpha value is -0.830. The van der Waals surface area contributed by atoms with Gasteiger partial charge in [0, 0.05) is 0 Å². The van der Waals surface area contributed by atoms with Gasteiger partial charge >= 0.3 is 0 Å². The molecule has 1 aliphatic rings. The predicted octanol–water partition coefficient (Wildman–Crippen LogP) is 1.78. The van der Waals surface area contributed by atoms with E-state index < -0.39 is 0 Å². The van der Waals surface area contributed by atoms with Crippen LogP contribution >= 0.6 is 0 Å². The molecule has 0 aromatic carbocycles. The van der Waals surface area contributed by atoms with E-state index in [0.29, 0.717) is 5.89 Å². The van der Waals surface area contributed by atoms with E-state index in [4.69, 9.17) is 10.2 Å². The van der Waals surface area contributed by atoms with E-state index in [-0.39, 0.29) is 6.04 Å². The Bertz CT molecular complexity index is 265. The molecule has 1 atom stereocenters. The minimum absolute atomic E-state index is 0.00574. The first-order valence-electron chi connectivity index (χ1n) is 4.43. The molecular formula is C9H14N2O. The molecule has 12 heavy (non-hydrogen) atoms. The van der Waals surface area contributed by atoms with Crippen LogP contribution in [-0.4, -0.2) is 4.98 Å². The maximum absolute atomic E-state index is 5.89. The predicted molar refractivity (Wildman–Crippen MR) is 45.5 cm³/mol. The molecule has 66 valence electrons. The average molecular weight is 166 g/mol. The summed E-state index contributed by atoms with van der Waals surface area (Å²) in [4.78, 5) is 4.10. The van der Waals surface area contributed by atoms with E-state index in [9.17, 15) is 0 Å². The molecule has 0 bridgehead atoms. The van der Waals surface area contributed by atoms with Crippen molar-refractivity contribution in [3.63, 3.8) is 0 Å². The van der Waals surface area contributed by atoms with Gasteiger partial charge in [0.05, 0.1) is 12.2 Å². The fourth-order valence-electron chi connectivity index (χ4n) is 1.36. The third kappa shape index (κ3) is 1.67. The number of oxazole rings is 1. The Labute approximate surface area is 72.0 Å². The van der Waals surface area contributed by atoms with Crippen molar-refractivity contribution in [3.8, 4) is 0 Å². The number of hydrogen-bond donors (Lipinski definition) is 1. The monoisotopic (exact) mass is 166 g/mol. The Morgan fingerprint density at radius 2 is 2.50 bits per heavy atom. The first-order valence-corrected chi connectivity index (χ1v) is 4.43. The summed E-state index contributed by atoms with van der Waals surface area (Å²) in [6.07, 6.45) is 5.41. The molecule has 0 aliphatic heterocycles. The maximum Gasteiger partial charge on any atom is 0.211 e. The highest BCUT2D eigenvalue weighted by atomic mass is 16.4. The standard InChI is InChI=1S/C9H14N2O/c1-6-5-11-9(12-6)8(10)4-7-2-3-7/h5,7-8H,2-4,10H2,1H3. The van der Waals surface area contributed by atoms with E-state index in [2.05, 4.69) is 4.98 Å². The zero-order chi connectivity index (χ0) is 8.55. The molecule has 3 nitrogen and oxygen atoms in total. The summed E-state index contributed by atoms with van der Waals surface area (Å²) in [6.45, 7) is 1.89. The number of rotatable bonds is 3. The molecule has 2 N–H and O–H groups in total. The summed E-state index contributed by atoms with van der Waals surface area (Å²) >= 11 is 0. The van der Waals surface area contributed by atoms with Crippen LogP contribution in [-0.2, 0) is 0 Å². The molecule has 1 aromatic heterocycles. The van der Waals surface area contributed by atoms with Crippen molar-refractivity contribution >= 4 is 0 Å². The van der Waals surface area contributed by atoms with Crippen LogP contribution in [0.15, 0.2) is 10.6 Å². The van der Waals surface area contributed by atoms with Gasteiger partial charge < -0.3 is 10.2 Å². The highest BCUT2D eigenvalue weighted by molar-refractivity contribution is 4.96. The number of aryl methyl sites for hydroxylation is 1. The number of aromatic nitrogens is 1. The van der Waals surface area contributed by atoms with Crippen LogP contribution in [0.3, 0.4) is 0 Å². The lowest BCUT2D eigenvalue weighted by Crippen LogP contribution is -2.11. The quantitative estimate of drug-likeness (QED) is 0.744. The fourth-order valence-corrected chi connectivity index (χ4v) is 1.36. The highest BCUT2D eigenvalue weighted by Gasteiger charge is 2.26. The smallest absolute Gasteiger partial charge is 0.211 e. The molecular weight excluding hydrogens is 152 g/mol. The number of nitrogens with two attached hydrogens (primary N) is 1. The second-order valence-electron chi connectivity index (χ2n) is 3.59. The van der Waals surface area contributed by atoms with Crippen molar-refractivity contribution in [2.45, 2.75) is 32.2 Å². The lowest BCUT2D eigenvalue weighted by molar-refractivity contribution is 0.411. The summed E-state index contributed by atoms with van der Waals surface area (Å²) in [5.74, 6) is 2.36. The van der Waals surface area contributed by atoms with Crippen LogP contribution < -0.4 is 5.73 Å². The van der Waals surface area contributed by atoms with Crippen LogP contribution in [0.1, 0.15) is 37.0 Å². The van der Waals surface area contributed by atoms with Crippen molar-refractivity contribution in [1.29, 1.82) is 0 Å². The molecule has 1 saturated carbocycles. The second kappa shape index (κ2) is 2.90. The van der Waals surface area contributed by atoms with Gasteiger partial charge in [0.15, 0.2) is 0 Å². The minimum atomic E-state index is 0.00574. The van der Waals surface area contributed by atoms with Crippen molar-refractivity contribution in [2.75, 3.05) is 0 Å². The largest absolute Gasteiger partial charge is 0.444 e. The first-order chi connectivity index (χ1) is 5.75. The summed E-state index contributed by atoms with van der Waals surface area (Å²) in [7, 11) is 0. The molecule has 1 aromatic rings. The molecule has 0 radical (unpaired) electrons. The number of hydrogen-bond acceptors (Lipinski definition) is 3. The van der Waals surface area contributed by atoms with E-state index in [1.54, 1.807) is 6.20 Å². The lowest BCUT2D eigenvalue weighted by Gasteiger charge is -2.04. The normalized spacial score (nSPS) is 19.5. The molecule has 0 saturated heterocycles. The van der Waals surface area contributed by atoms with Gasteiger partial charge in [-0.25, -0.2) is 4.98 Å². The summed E-state index contributed by atoms with van der Waals surface area (Å²) in [6, 6.07) is 0.00574. The second-order valence-corrected chi connectivity index (χ2v) is 3.59. The minimum Gasteiger partial charge on any atom is -0.444 e. The SMILES string of the molecule is Cc1cnc(C(N)CC2CC2)o1. The number of nitrogens with zero attached hydrogens (tertiary/aromatic N) is 1. The van der Waals surface area contributed by atoms with Gasteiger partial charge in [-0.1, -0.05) is 12.8 Å². The zero-order valence-electron chi connectivity index (χ0n) is 7.29. The Morgan fingerprint density at radius 1 is 1.75 bits per heavy atom. The zero-order valence-corrected chi connectivity index (χ0v) is 7.29. The first kappa shape index (κ1) is 7.80. The van der Waals surface area contributed by atoms with Crippen molar-refractivity contribution in [1.82, 2.24) is 4.98 Å². The van der Waals surface area contributed by atoms with Crippen LogP contribution in [0.4, 0.5) is 0 Å². The van der Waals surface area contributed by atoms with E-state index in [1.807, 2.05) is 6.92 Å². The molecule has 1 heterocycles. The maximum atomic E-state index is 5.89. The van der Waals surface area contributed by atoms with E-state index in [1.165, 1.54) is 12.8 Å². The van der Waals surface area contributed by atoms with Gasteiger partial charge in [0.1, 0.15) is 5.76 Å². The van der Waals surface area contributed by atoms with Gasteiger partial charge in [-0.15, -0.1) is 0 Å². The summed E-state index contributed by atoms with van der Waals surface area (Å²) in [5, 5.41) is 0.